The van der Waals surface area contributed by atoms with E-state index in [0.29, 0.717) is 12.8 Å². The molecule has 1 aliphatic rings. The summed E-state index contributed by atoms with van der Waals surface area (Å²) in [6.07, 6.45) is 9.77. The van der Waals surface area contributed by atoms with Crippen LogP contribution < -0.4 is 4.72 Å². The van der Waals surface area contributed by atoms with E-state index in [9.17, 15) is 13.2 Å². The Kier molecular flexibility index (Phi) is 4.34. The predicted octanol–water partition coefficient (Wildman–Crippen LogP) is 2.64. The Hall–Kier alpha value is -2.34. The minimum atomic E-state index is -3.83. The zero-order chi connectivity index (χ0) is 16.3. The van der Waals surface area contributed by atoms with Gasteiger partial charge in [-0.3, -0.25) is 4.79 Å². The minimum absolute atomic E-state index is 0.0908. The molecular formula is C17H18N2O3S. The number of nitrogens with one attached hydrogen (secondary N) is 1. The van der Waals surface area contributed by atoms with E-state index in [1.54, 1.807) is 12.1 Å². The van der Waals surface area contributed by atoms with Gasteiger partial charge in [-0.15, -0.1) is 0 Å². The number of hydrogen-bond acceptors (Lipinski definition) is 3. The van der Waals surface area contributed by atoms with Crippen LogP contribution in [-0.4, -0.2) is 18.9 Å². The van der Waals surface area contributed by atoms with Gasteiger partial charge < -0.3 is 4.57 Å². The fraction of sp³-hybridized carbons (Fsp3) is 0.235. The predicted molar refractivity (Wildman–Crippen MR) is 87.6 cm³/mol. The van der Waals surface area contributed by atoms with Crippen LogP contribution in [0.15, 0.2) is 65.8 Å². The van der Waals surface area contributed by atoms with Crippen LogP contribution in [-0.2, 0) is 14.8 Å². The first-order chi connectivity index (χ1) is 11.1. The van der Waals surface area contributed by atoms with Gasteiger partial charge in [0.1, 0.15) is 0 Å². The molecule has 5 nitrogen and oxygen atoms in total. The van der Waals surface area contributed by atoms with Crippen molar-refractivity contribution in [3.8, 4) is 5.69 Å². The van der Waals surface area contributed by atoms with Gasteiger partial charge in [0, 0.05) is 24.0 Å². The second-order valence-corrected chi connectivity index (χ2v) is 7.22. The molecule has 0 aliphatic heterocycles. The minimum Gasteiger partial charge on any atom is -0.324 e. The number of sulfonamides is 1. The number of benzene rings is 1. The summed E-state index contributed by atoms with van der Waals surface area (Å²) in [4.78, 5) is 12.2. The van der Waals surface area contributed by atoms with E-state index in [1.807, 2.05) is 41.2 Å². The molecule has 23 heavy (non-hydrogen) atoms. The highest BCUT2D eigenvalue weighted by molar-refractivity contribution is 7.90. The van der Waals surface area contributed by atoms with Crippen molar-refractivity contribution in [1.82, 2.24) is 9.29 Å². The molecule has 120 valence electrons. The third kappa shape index (κ3) is 3.53. The topological polar surface area (TPSA) is 68.2 Å². The number of carbonyl (C=O) groups is 1. The zero-order valence-electron chi connectivity index (χ0n) is 12.6. The molecule has 1 aromatic carbocycles. The fourth-order valence-electron chi connectivity index (χ4n) is 2.61. The summed E-state index contributed by atoms with van der Waals surface area (Å²) >= 11 is 0. The molecule has 1 aliphatic carbocycles. The van der Waals surface area contributed by atoms with Crippen LogP contribution in [0.25, 0.3) is 5.69 Å². The number of amides is 1. The smallest absolute Gasteiger partial charge is 0.264 e. The lowest BCUT2D eigenvalue weighted by atomic mass is 9.94. The molecule has 1 atom stereocenters. The highest BCUT2D eigenvalue weighted by atomic mass is 32.2. The van der Waals surface area contributed by atoms with Gasteiger partial charge in [-0.1, -0.05) is 12.2 Å². The van der Waals surface area contributed by atoms with E-state index in [2.05, 4.69) is 4.72 Å². The summed E-state index contributed by atoms with van der Waals surface area (Å²) in [6, 6.07) is 10.2. The van der Waals surface area contributed by atoms with Crippen LogP contribution in [0.3, 0.4) is 0 Å². The van der Waals surface area contributed by atoms with E-state index >= 15 is 0 Å². The van der Waals surface area contributed by atoms with E-state index in [4.69, 9.17) is 0 Å². The first kappa shape index (κ1) is 15.6. The molecule has 0 bridgehead atoms. The molecule has 1 N–H and O–H groups in total. The summed E-state index contributed by atoms with van der Waals surface area (Å²) in [5, 5.41) is 0. The molecule has 0 radical (unpaired) electrons. The average Bonchev–Trinajstić information content (AvgIpc) is 3.10. The molecular weight excluding hydrogens is 312 g/mol. The Labute approximate surface area is 135 Å². The number of hydrogen-bond donors (Lipinski definition) is 1. The van der Waals surface area contributed by atoms with Crippen molar-refractivity contribution in [3.63, 3.8) is 0 Å². The van der Waals surface area contributed by atoms with Gasteiger partial charge in [0.05, 0.1) is 4.90 Å². The molecule has 1 heterocycles. The van der Waals surface area contributed by atoms with Gasteiger partial charge in [0.2, 0.25) is 5.91 Å². The van der Waals surface area contributed by atoms with Gasteiger partial charge in [-0.25, -0.2) is 13.1 Å². The molecule has 2 aromatic rings. The molecule has 3 rings (SSSR count). The maximum Gasteiger partial charge on any atom is 0.264 e. The standard InChI is InChI=1S/C17H18N2O3S/c20-17(14-6-2-1-3-7-14)18-23(21,22)16-10-8-15(9-11-16)19-12-4-5-13-19/h1-2,4-5,8-14H,3,6-7H2,(H,18,20)/t14-/m1/s1. The molecule has 0 unspecified atom stereocenters. The monoisotopic (exact) mass is 330 g/mol. The molecule has 0 spiro atoms. The summed E-state index contributed by atoms with van der Waals surface area (Å²) in [6.45, 7) is 0. The third-order valence-electron chi connectivity index (χ3n) is 3.92. The average molecular weight is 330 g/mol. The Morgan fingerprint density at radius 1 is 1.09 bits per heavy atom. The summed E-state index contributed by atoms with van der Waals surface area (Å²) < 4.78 is 28.7. The van der Waals surface area contributed by atoms with Crippen LogP contribution in [0.4, 0.5) is 0 Å². The van der Waals surface area contributed by atoms with Gasteiger partial charge in [-0.2, -0.15) is 0 Å². The van der Waals surface area contributed by atoms with Crippen LogP contribution in [0, 0.1) is 5.92 Å². The zero-order valence-corrected chi connectivity index (χ0v) is 13.4. The van der Waals surface area contributed by atoms with Crippen molar-refractivity contribution >= 4 is 15.9 Å². The Morgan fingerprint density at radius 3 is 2.39 bits per heavy atom. The number of nitrogens with zero attached hydrogens (tertiary/aromatic N) is 1. The van der Waals surface area contributed by atoms with Crippen LogP contribution in [0.2, 0.25) is 0 Å². The third-order valence-corrected chi connectivity index (χ3v) is 5.29. The highest BCUT2D eigenvalue weighted by Crippen LogP contribution is 2.20. The lowest BCUT2D eigenvalue weighted by Crippen LogP contribution is -2.36. The highest BCUT2D eigenvalue weighted by Gasteiger charge is 2.24. The molecule has 0 saturated carbocycles. The lowest BCUT2D eigenvalue weighted by molar-refractivity contribution is -0.123. The van der Waals surface area contributed by atoms with E-state index in [-0.39, 0.29) is 10.8 Å². The number of aromatic nitrogens is 1. The van der Waals surface area contributed by atoms with Crippen LogP contribution >= 0.6 is 0 Å². The van der Waals surface area contributed by atoms with Crippen LogP contribution in [0.1, 0.15) is 19.3 Å². The maximum atomic E-state index is 12.3. The van der Waals surface area contributed by atoms with Gasteiger partial charge in [-0.05, 0) is 55.7 Å². The fourth-order valence-corrected chi connectivity index (χ4v) is 3.65. The van der Waals surface area contributed by atoms with Gasteiger partial charge in [0.15, 0.2) is 0 Å². The van der Waals surface area contributed by atoms with Gasteiger partial charge >= 0.3 is 0 Å². The number of carbonyl (C=O) groups excluding carboxylic acids is 1. The number of rotatable bonds is 4. The second-order valence-electron chi connectivity index (χ2n) is 5.54. The van der Waals surface area contributed by atoms with Crippen molar-refractivity contribution in [1.29, 1.82) is 0 Å². The van der Waals surface area contributed by atoms with Crippen LogP contribution in [0.5, 0.6) is 0 Å². The normalized spacial score (nSPS) is 17.8. The van der Waals surface area contributed by atoms with Gasteiger partial charge in [0.25, 0.3) is 10.0 Å². The largest absolute Gasteiger partial charge is 0.324 e. The molecule has 0 saturated heterocycles. The summed E-state index contributed by atoms with van der Waals surface area (Å²) in [5.41, 5.74) is 0.859. The summed E-state index contributed by atoms with van der Waals surface area (Å²) in [7, 11) is -3.83. The van der Waals surface area contributed by atoms with Crippen molar-refractivity contribution in [2.45, 2.75) is 24.2 Å². The number of allylic oxidation sites excluding steroid dienone is 2. The van der Waals surface area contributed by atoms with E-state index in [0.717, 1.165) is 12.1 Å². The lowest BCUT2D eigenvalue weighted by Gasteiger charge is -2.17. The Morgan fingerprint density at radius 2 is 1.78 bits per heavy atom. The van der Waals surface area contributed by atoms with Crippen molar-refractivity contribution < 1.29 is 13.2 Å². The van der Waals surface area contributed by atoms with E-state index in [1.165, 1.54) is 12.1 Å². The Balaban J connectivity index is 1.74. The first-order valence-corrected chi connectivity index (χ1v) is 9.00. The SMILES string of the molecule is O=C(NS(=O)(=O)c1ccc(-n2cccc2)cc1)[C@@H]1CC=CCC1. The Bertz CT molecular complexity index is 806. The maximum absolute atomic E-state index is 12.3. The second kappa shape index (κ2) is 6.42. The molecule has 1 aromatic heterocycles. The first-order valence-electron chi connectivity index (χ1n) is 7.51. The molecule has 6 heteroatoms. The summed E-state index contributed by atoms with van der Waals surface area (Å²) in [5.74, 6) is -0.697. The van der Waals surface area contributed by atoms with Crippen molar-refractivity contribution in [3.05, 3.63) is 60.9 Å². The molecule has 0 fully saturated rings. The van der Waals surface area contributed by atoms with E-state index < -0.39 is 15.9 Å². The molecule has 1 amide bonds. The van der Waals surface area contributed by atoms with Crippen molar-refractivity contribution in [2.24, 2.45) is 5.92 Å². The van der Waals surface area contributed by atoms with Crippen molar-refractivity contribution in [2.75, 3.05) is 0 Å². The quantitative estimate of drug-likeness (QED) is 0.876.